The van der Waals surface area contributed by atoms with Crippen molar-refractivity contribution in [2.24, 2.45) is 5.92 Å². The van der Waals surface area contributed by atoms with E-state index in [0.29, 0.717) is 53.9 Å². The lowest BCUT2D eigenvalue weighted by Crippen LogP contribution is -2.41. The number of esters is 1. The zero-order valence-electron chi connectivity index (χ0n) is 16.4. The minimum Gasteiger partial charge on any atom is -0.461 e. The molecule has 9 heteroatoms. The molecule has 158 valence electrons. The van der Waals surface area contributed by atoms with Crippen LogP contribution in [0.4, 0.5) is 0 Å². The van der Waals surface area contributed by atoms with E-state index in [4.69, 9.17) is 20.8 Å². The molecule has 1 fully saturated rings. The smallest absolute Gasteiger partial charge is 0.336 e. The Morgan fingerprint density at radius 1 is 1.21 bits per heavy atom. The predicted octanol–water partition coefficient (Wildman–Crippen LogP) is 3.11. The molecule has 0 radical (unpaired) electrons. The molecule has 29 heavy (non-hydrogen) atoms. The summed E-state index contributed by atoms with van der Waals surface area (Å²) in [4.78, 5) is 24.4. The van der Waals surface area contributed by atoms with Crippen molar-refractivity contribution >= 4 is 38.6 Å². The summed E-state index contributed by atoms with van der Waals surface area (Å²) in [5.41, 5.74) is 1.28. The average Bonchev–Trinajstić information content (AvgIpc) is 2.71. The molecule has 0 aliphatic carbocycles. The standard InChI is InChI=1S/C20H24ClNO6S/c1-3-13-9-18-16(11-17(13)21)15(10-19(23)28-18)12-27-20(24)14-5-7-22(8-6-14)29(25,26)4-2/h9-11,14H,3-8,12H2,1-2H3. The molecule has 0 atom stereocenters. The number of sulfonamides is 1. The Balaban J connectivity index is 1.70. The van der Waals surface area contributed by atoms with Crippen LogP contribution in [0.2, 0.25) is 5.02 Å². The monoisotopic (exact) mass is 441 g/mol. The van der Waals surface area contributed by atoms with E-state index in [9.17, 15) is 18.0 Å². The van der Waals surface area contributed by atoms with Crippen molar-refractivity contribution in [3.63, 3.8) is 0 Å². The molecule has 1 aromatic heterocycles. The molecule has 0 spiro atoms. The van der Waals surface area contributed by atoms with Gasteiger partial charge in [-0.3, -0.25) is 4.79 Å². The Morgan fingerprint density at radius 3 is 2.52 bits per heavy atom. The maximum absolute atomic E-state index is 12.5. The van der Waals surface area contributed by atoms with Gasteiger partial charge in [0.25, 0.3) is 0 Å². The second-order valence-corrected chi connectivity index (χ2v) is 9.73. The first-order valence-electron chi connectivity index (χ1n) is 9.64. The lowest BCUT2D eigenvalue weighted by atomic mass is 9.98. The highest BCUT2D eigenvalue weighted by Crippen LogP contribution is 2.27. The summed E-state index contributed by atoms with van der Waals surface area (Å²) < 4.78 is 36.0. The highest BCUT2D eigenvalue weighted by molar-refractivity contribution is 7.89. The molecule has 1 saturated heterocycles. The molecule has 1 aliphatic rings. The van der Waals surface area contributed by atoms with Crippen LogP contribution in [0.15, 0.2) is 27.4 Å². The fourth-order valence-electron chi connectivity index (χ4n) is 3.50. The molecule has 1 aliphatic heterocycles. The van der Waals surface area contributed by atoms with Crippen LogP contribution in [-0.2, 0) is 32.6 Å². The number of rotatable bonds is 6. The van der Waals surface area contributed by atoms with Crippen LogP contribution in [0.1, 0.15) is 37.8 Å². The van der Waals surface area contributed by atoms with Crippen molar-refractivity contribution in [1.29, 1.82) is 0 Å². The summed E-state index contributed by atoms with van der Waals surface area (Å²) in [6, 6.07) is 4.75. The molecule has 0 bridgehead atoms. The summed E-state index contributed by atoms with van der Waals surface area (Å²) in [7, 11) is -3.24. The van der Waals surface area contributed by atoms with Crippen LogP contribution in [0.3, 0.4) is 0 Å². The largest absolute Gasteiger partial charge is 0.461 e. The normalized spacial score (nSPS) is 16.2. The third-order valence-corrected chi connectivity index (χ3v) is 7.53. The van der Waals surface area contributed by atoms with Crippen molar-refractivity contribution in [3.8, 4) is 0 Å². The maximum atomic E-state index is 12.5. The predicted molar refractivity (Wildman–Crippen MR) is 110 cm³/mol. The molecule has 3 rings (SSSR count). The first kappa shape index (κ1) is 21.8. The summed E-state index contributed by atoms with van der Waals surface area (Å²) in [5.74, 6) is -0.704. The lowest BCUT2D eigenvalue weighted by molar-refractivity contribution is -0.151. The molecule has 7 nitrogen and oxygen atoms in total. The Kier molecular flexibility index (Phi) is 6.65. The van der Waals surface area contributed by atoms with Crippen LogP contribution < -0.4 is 5.63 Å². The number of fused-ring (bicyclic) bond motifs is 1. The number of halogens is 1. The number of ether oxygens (including phenoxy) is 1. The fourth-order valence-corrected chi connectivity index (χ4v) is 4.93. The Labute approximate surface area is 174 Å². The minimum atomic E-state index is -3.24. The van der Waals surface area contributed by atoms with Gasteiger partial charge in [-0.2, -0.15) is 0 Å². The number of piperidine rings is 1. The fraction of sp³-hybridized carbons (Fsp3) is 0.500. The number of carbonyl (C=O) groups is 1. The second-order valence-electron chi connectivity index (χ2n) is 7.07. The van der Waals surface area contributed by atoms with E-state index in [2.05, 4.69) is 0 Å². The van der Waals surface area contributed by atoms with E-state index in [0.717, 1.165) is 5.56 Å². The molecule has 0 unspecified atom stereocenters. The summed E-state index contributed by atoms with van der Waals surface area (Å²) in [6.07, 6.45) is 1.53. The van der Waals surface area contributed by atoms with Gasteiger partial charge in [0.1, 0.15) is 12.2 Å². The zero-order valence-corrected chi connectivity index (χ0v) is 18.0. The lowest BCUT2D eigenvalue weighted by Gasteiger charge is -2.29. The van der Waals surface area contributed by atoms with Crippen molar-refractivity contribution in [3.05, 3.63) is 44.8 Å². The van der Waals surface area contributed by atoms with Crippen molar-refractivity contribution in [1.82, 2.24) is 4.31 Å². The van der Waals surface area contributed by atoms with Gasteiger partial charge in [0.2, 0.25) is 10.0 Å². The van der Waals surface area contributed by atoms with Gasteiger partial charge in [0, 0.05) is 35.1 Å². The van der Waals surface area contributed by atoms with Crippen LogP contribution >= 0.6 is 11.6 Å². The molecule has 0 amide bonds. The van der Waals surface area contributed by atoms with E-state index >= 15 is 0 Å². The van der Waals surface area contributed by atoms with Crippen LogP contribution in [0.5, 0.6) is 0 Å². The van der Waals surface area contributed by atoms with Gasteiger partial charge in [0.05, 0.1) is 11.7 Å². The minimum absolute atomic E-state index is 0.0497. The quantitative estimate of drug-likeness (QED) is 0.505. The molecule has 0 saturated carbocycles. The third-order valence-electron chi connectivity index (χ3n) is 5.29. The van der Waals surface area contributed by atoms with E-state index in [1.807, 2.05) is 6.92 Å². The highest BCUT2D eigenvalue weighted by atomic mass is 35.5. The van der Waals surface area contributed by atoms with Crippen LogP contribution in [0.25, 0.3) is 11.0 Å². The number of hydrogen-bond donors (Lipinski definition) is 0. The topological polar surface area (TPSA) is 93.9 Å². The number of hydrogen-bond acceptors (Lipinski definition) is 6. The van der Waals surface area contributed by atoms with Gasteiger partial charge < -0.3 is 9.15 Å². The van der Waals surface area contributed by atoms with E-state index in [1.165, 1.54) is 10.4 Å². The van der Waals surface area contributed by atoms with Gasteiger partial charge >= 0.3 is 11.6 Å². The number of aryl methyl sites for hydroxylation is 1. The SMILES string of the molecule is CCc1cc2oc(=O)cc(COC(=O)C3CCN(S(=O)(=O)CC)CC3)c2cc1Cl. The molecule has 1 aromatic carbocycles. The van der Waals surface area contributed by atoms with Crippen molar-refractivity contribution < 1.29 is 22.4 Å². The van der Waals surface area contributed by atoms with E-state index in [-0.39, 0.29) is 18.3 Å². The Hall–Kier alpha value is -1.90. The Bertz CT molecular complexity index is 1070. The molecule has 2 aromatic rings. The molecular formula is C20H24ClNO6S. The number of carbonyl (C=O) groups excluding carboxylic acids is 1. The first-order chi connectivity index (χ1) is 13.7. The summed E-state index contributed by atoms with van der Waals surface area (Å²) in [5, 5.41) is 1.19. The number of nitrogens with zero attached hydrogens (tertiary/aromatic N) is 1. The van der Waals surface area contributed by atoms with Crippen LogP contribution in [-0.4, -0.2) is 37.5 Å². The van der Waals surface area contributed by atoms with Crippen LogP contribution in [0, 0.1) is 5.92 Å². The second kappa shape index (κ2) is 8.85. The summed E-state index contributed by atoms with van der Waals surface area (Å²) >= 11 is 6.28. The zero-order chi connectivity index (χ0) is 21.2. The first-order valence-corrected chi connectivity index (χ1v) is 11.6. The number of benzene rings is 1. The van der Waals surface area contributed by atoms with Crippen molar-refractivity contribution in [2.75, 3.05) is 18.8 Å². The van der Waals surface area contributed by atoms with Gasteiger partial charge in [-0.05, 0) is 43.9 Å². The van der Waals surface area contributed by atoms with Gasteiger partial charge in [-0.15, -0.1) is 0 Å². The summed E-state index contributed by atoms with van der Waals surface area (Å²) in [6.45, 7) is 4.10. The van der Waals surface area contributed by atoms with Gasteiger partial charge in [-0.25, -0.2) is 17.5 Å². The van der Waals surface area contributed by atoms with Crippen molar-refractivity contribution in [2.45, 2.75) is 39.7 Å². The van der Waals surface area contributed by atoms with E-state index in [1.54, 1.807) is 19.1 Å². The third kappa shape index (κ3) is 4.82. The van der Waals surface area contributed by atoms with Gasteiger partial charge in [0.15, 0.2) is 0 Å². The maximum Gasteiger partial charge on any atom is 0.336 e. The van der Waals surface area contributed by atoms with Gasteiger partial charge in [-0.1, -0.05) is 18.5 Å². The highest BCUT2D eigenvalue weighted by Gasteiger charge is 2.31. The molecular weight excluding hydrogens is 418 g/mol. The molecule has 0 N–H and O–H groups in total. The Morgan fingerprint density at radius 2 is 1.90 bits per heavy atom. The average molecular weight is 442 g/mol. The van der Waals surface area contributed by atoms with E-state index < -0.39 is 21.6 Å². The molecule has 2 heterocycles.